The molecule has 9 nitrogen and oxygen atoms in total. The zero-order valence-corrected chi connectivity index (χ0v) is 17.4. The number of amides is 2. The smallest absolute Gasteiger partial charge is 0.251 e. The van der Waals surface area contributed by atoms with Crippen LogP contribution in [0.4, 0.5) is 17.5 Å². The maximum atomic E-state index is 12.3. The van der Waals surface area contributed by atoms with Gasteiger partial charge in [-0.05, 0) is 50.1 Å². The van der Waals surface area contributed by atoms with Crippen molar-refractivity contribution in [3.63, 3.8) is 0 Å². The van der Waals surface area contributed by atoms with Gasteiger partial charge in [0.25, 0.3) is 5.91 Å². The van der Waals surface area contributed by atoms with Crippen LogP contribution in [0.15, 0.2) is 36.5 Å². The Labute approximate surface area is 181 Å². The molecule has 31 heavy (non-hydrogen) atoms. The van der Waals surface area contributed by atoms with E-state index in [1.54, 1.807) is 18.3 Å². The van der Waals surface area contributed by atoms with Crippen LogP contribution in [-0.4, -0.2) is 58.4 Å². The minimum Gasteiger partial charge on any atom is -0.352 e. The lowest BCUT2D eigenvalue weighted by Gasteiger charge is -2.41. The van der Waals surface area contributed by atoms with Gasteiger partial charge in [0.05, 0.1) is 6.07 Å². The van der Waals surface area contributed by atoms with Gasteiger partial charge in [-0.1, -0.05) is 0 Å². The quantitative estimate of drug-likeness (QED) is 0.737. The van der Waals surface area contributed by atoms with Crippen molar-refractivity contribution in [2.45, 2.75) is 38.3 Å². The van der Waals surface area contributed by atoms with Crippen molar-refractivity contribution in [3.8, 4) is 6.07 Å². The van der Waals surface area contributed by atoms with Crippen LogP contribution in [0.5, 0.6) is 0 Å². The first-order valence-corrected chi connectivity index (χ1v) is 10.5. The van der Waals surface area contributed by atoms with E-state index in [9.17, 15) is 9.59 Å². The van der Waals surface area contributed by atoms with Crippen LogP contribution in [0, 0.1) is 11.3 Å². The van der Waals surface area contributed by atoms with E-state index in [2.05, 4.69) is 25.5 Å². The molecular weight excluding hydrogens is 394 g/mol. The van der Waals surface area contributed by atoms with Crippen molar-refractivity contribution < 1.29 is 9.59 Å². The fourth-order valence-corrected chi connectivity index (χ4v) is 4.34. The van der Waals surface area contributed by atoms with Gasteiger partial charge in [0.15, 0.2) is 0 Å². The molecule has 2 bridgehead atoms. The van der Waals surface area contributed by atoms with Gasteiger partial charge in [-0.25, -0.2) is 4.98 Å². The lowest BCUT2D eigenvalue weighted by molar-refractivity contribution is -0.133. The number of nitrogens with one attached hydrogen (secondary N) is 2. The SMILES string of the molecule is CCNC(=O)c1ccc(Nc2nccc(N3CC4CCC(C3)N4C(=O)CC#N)n2)cc1. The highest BCUT2D eigenvalue weighted by molar-refractivity contribution is 5.94. The molecule has 2 aromatic rings. The fraction of sp³-hybridized carbons (Fsp3) is 0.409. The van der Waals surface area contributed by atoms with E-state index in [0.717, 1.165) is 24.3 Å². The highest BCUT2D eigenvalue weighted by Crippen LogP contribution is 2.32. The third kappa shape index (κ3) is 4.43. The first-order valence-electron chi connectivity index (χ1n) is 10.5. The average Bonchev–Trinajstić information content (AvgIpc) is 3.04. The molecule has 0 radical (unpaired) electrons. The highest BCUT2D eigenvalue weighted by Gasteiger charge is 2.42. The van der Waals surface area contributed by atoms with Crippen LogP contribution in [0.2, 0.25) is 0 Å². The van der Waals surface area contributed by atoms with Gasteiger partial charge >= 0.3 is 0 Å². The highest BCUT2D eigenvalue weighted by atomic mass is 16.2. The summed E-state index contributed by atoms with van der Waals surface area (Å²) in [5.41, 5.74) is 1.39. The van der Waals surface area contributed by atoms with Gasteiger partial charge in [-0.3, -0.25) is 9.59 Å². The molecule has 2 aliphatic heterocycles. The molecule has 0 aliphatic carbocycles. The molecular formula is C22H25N7O2. The zero-order valence-electron chi connectivity index (χ0n) is 17.4. The van der Waals surface area contributed by atoms with E-state index in [0.29, 0.717) is 31.1 Å². The minimum absolute atomic E-state index is 0.0620. The summed E-state index contributed by atoms with van der Waals surface area (Å²) in [7, 11) is 0. The van der Waals surface area contributed by atoms with Crippen molar-refractivity contribution in [1.82, 2.24) is 20.2 Å². The maximum Gasteiger partial charge on any atom is 0.251 e. The van der Waals surface area contributed by atoms with Gasteiger partial charge in [0.2, 0.25) is 11.9 Å². The molecule has 2 aliphatic rings. The van der Waals surface area contributed by atoms with E-state index in [1.165, 1.54) is 0 Å². The summed E-state index contributed by atoms with van der Waals surface area (Å²) in [4.78, 5) is 37.2. The minimum atomic E-state index is -0.102. The Balaban J connectivity index is 1.43. The molecule has 9 heteroatoms. The molecule has 1 aromatic carbocycles. The molecule has 2 fully saturated rings. The molecule has 0 saturated carbocycles. The van der Waals surface area contributed by atoms with Crippen LogP contribution in [0.3, 0.4) is 0 Å². The zero-order chi connectivity index (χ0) is 21.8. The number of carbonyl (C=O) groups excluding carboxylic acids is 2. The molecule has 3 heterocycles. The molecule has 160 valence electrons. The summed E-state index contributed by atoms with van der Waals surface area (Å²) < 4.78 is 0. The number of nitrogens with zero attached hydrogens (tertiary/aromatic N) is 5. The van der Waals surface area contributed by atoms with Gasteiger partial charge in [-0.15, -0.1) is 0 Å². The van der Waals surface area contributed by atoms with Crippen LogP contribution < -0.4 is 15.5 Å². The average molecular weight is 419 g/mol. The monoisotopic (exact) mass is 419 g/mol. The Morgan fingerprint density at radius 1 is 1.16 bits per heavy atom. The normalized spacial score (nSPS) is 19.6. The molecule has 2 atom stereocenters. The number of hydrogen-bond acceptors (Lipinski definition) is 7. The largest absolute Gasteiger partial charge is 0.352 e. The summed E-state index contributed by atoms with van der Waals surface area (Å²) in [5.74, 6) is 1.10. The van der Waals surface area contributed by atoms with E-state index in [1.807, 2.05) is 36.1 Å². The van der Waals surface area contributed by atoms with Crippen LogP contribution >= 0.6 is 0 Å². The van der Waals surface area contributed by atoms with Gasteiger partial charge < -0.3 is 20.4 Å². The first-order chi connectivity index (χ1) is 15.1. The predicted molar refractivity (Wildman–Crippen MR) is 116 cm³/mol. The summed E-state index contributed by atoms with van der Waals surface area (Å²) in [6.07, 6.45) is 3.55. The maximum absolute atomic E-state index is 12.3. The summed E-state index contributed by atoms with van der Waals surface area (Å²) in [6.45, 7) is 3.87. The fourth-order valence-electron chi connectivity index (χ4n) is 4.34. The number of aromatic nitrogens is 2. The van der Waals surface area contributed by atoms with Gasteiger partial charge in [0, 0.05) is 49.2 Å². The van der Waals surface area contributed by atoms with Crippen molar-refractivity contribution in [3.05, 3.63) is 42.1 Å². The van der Waals surface area contributed by atoms with Crippen LogP contribution in [-0.2, 0) is 4.79 Å². The number of piperazine rings is 1. The molecule has 2 N–H and O–H groups in total. The number of anilines is 3. The molecule has 4 rings (SSSR count). The lowest BCUT2D eigenvalue weighted by Crippen LogP contribution is -2.56. The second-order valence-corrected chi connectivity index (χ2v) is 7.73. The van der Waals surface area contributed by atoms with Crippen LogP contribution in [0.25, 0.3) is 0 Å². The van der Waals surface area contributed by atoms with Crippen molar-refractivity contribution >= 4 is 29.3 Å². The Hall–Kier alpha value is -3.67. The van der Waals surface area contributed by atoms with E-state index < -0.39 is 0 Å². The number of benzene rings is 1. The van der Waals surface area contributed by atoms with E-state index in [-0.39, 0.29) is 30.3 Å². The second kappa shape index (κ2) is 9.00. The van der Waals surface area contributed by atoms with Crippen molar-refractivity contribution in [2.75, 3.05) is 29.9 Å². The van der Waals surface area contributed by atoms with E-state index >= 15 is 0 Å². The standard InChI is InChI=1S/C22H25N7O2/c1-2-24-21(31)15-3-5-16(6-4-15)26-22-25-12-10-19(27-22)28-13-17-7-8-18(14-28)29(17)20(30)9-11-23/h3-6,10,12,17-18H,2,7-9,13-14H2,1H3,(H,24,31)(H,25,26,27). The summed E-state index contributed by atoms with van der Waals surface area (Å²) >= 11 is 0. The molecule has 2 amide bonds. The van der Waals surface area contributed by atoms with Crippen molar-refractivity contribution in [2.24, 2.45) is 0 Å². The third-order valence-corrected chi connectivity index (χ3v) is 5.71. The first kappa shape index (κ1) is 20.6. The lowest BCUT2D eigenvalue weighted by atomic mass is 10.1. The molecule has 2 saturated heterocycles. The number of nitriles is 1. The Kier molecular flexibility index (Phi) is 5.98. The molecule has 1 aromatic heterocycles. The van der Waals surface area contributed by atoms with Crippen molar-refractivity contribution in [1.29, 1.82) is 5.26 Å². The van der Waals surface area contributed by atoms with E-state index in [4.69, 9.17) is 5.26 Å². The molecule has 0 spiro atoms. The predicted octanol–water partition coefficient (Wildman–Crippen LogP) is 2.06. The number of rotatable bonds is 6. The second-order valence-electron chi connectivity index (χ2n) is 7.73. The van der Waals surface area contributed by atoms with Gasteiger partial charge in [-0.2, -0.15) is 10.2 Å². The molecule has 2 unspecified atom stereocenters. The number of hydrogen-bond donors (Lipinski definition) is 2. The topological polar surface area (TPSA) is 114 Å². The summed E-state index contributed by atoms with van der Waals surface area (Å²) in [6, 6.07) is 11.2. The van der Waals surface area contributed by atoms with Crippen LogP contribution in [0.1, 0.15) is 36.5 Å². The Morgan fingerprint density at radius 3 is 2.52 bits per heavy atom. The van der Waals surface area contributed by atoms with Gasteiger partial charge in [0.1, 0.15) is 12.2 Å². The summed E-state index contributed by atoms with van der Waals surface area (Å²) in [5, 5.41) is 14.8. The number of carbonyl (C=O) groups is 2. The Bertz CT molecular complexity index is 988. The third-order valence-electron chi connectivity index (χ3n) is 5.71. The number of fused-ring (bicyclic) bond motifs is 2. The Morgan fingerprint density at radius 2 is 1.87 bits per heavy atom.